The molecule has 1 aromatic carbocycles. The van der Waals surface area contributed by atoms with Gasteiger partial charge >= 0.3 is 5.00 Å². The number of amides is 1. The number of nitro groups is 1. The van der Waals surface area contributed by atoms with Crippen molar-refractivity contribution in [1.82, 2.24) is 10.3 Å². The predicted molar refractivity (Wildman–Crippen MR) is 136 cm³/mol. The van der Waals surface area contributed by atoms with Gasteiger partial charge in [-0.1, -0.05) is 23.5 Å². The minimum atomic E-state index is -0.478. The van der Waals surface area contributed by atoms with Crippen LogP contribution in [0.1, 0.15) is 47.8 Å². The van der Waals surface area contributed by atoms with Gasteiger partial charge in [-0.25, -0.2) is 4.98 Å². The van der Waals surface area contributed by atoms with Gasteiger partial charge in [0.15, 0.2) is 0 Å². The normalized spacial score (nSPS) is 16.5. The summed E-state index contributed by atoms with van der Waals surface area (Å²) in [5.74, 6) is -0.348. The fraction of sp³-hybridized carbons (Fsp3) is 0.304. The highest BCUT2D eigenvalue weighted by Crippen LogP contribution is 2.50. The molecule has 0 fully saturated rings. The molecule has 0 atom stereocenters. The largest absolute Gasteiger partial charge is 0.324 e. The van der Waals surface area contributed by atoms with Gasteiger partial charge in [-0.05, 0) is 57.9 Å². The third-order valence-electron chi connectivity index (χ3n) is 5.57. The Morgan fingerprint density at radius 3 is 2.58 bits per heavy atom. The SMILES string of the molecule is CC1(C)Cc2c(sc(NC(=O)c3ccc([N+](=O)[O-])s3)c2-c2nc3ccccc3s2)C(C)(C)N1. The van der Waals surface area contributed by atoms with Gasteiger partial charge in [-0.3, -0.25) is 14.9 Å². The molecule has 7 nitrogen and oxygen atoms in total. The summed E-state index contributed by atoms with van der Waals surface area (Å²) in [5, 5.41) is 19.4. The first kappa shape index (κ1) is 22.1. The monoisotopic (exact) mass is 498 g/mol. The highest BCUT2D eigenvalue weighted by atomic mass is 32.1. The van der Waals surface area contributed by atoms with E-state index < -0.39 is 4.92 Å². The van der Waals surface area contributed by atoms with Crippen LogP contribution in [0.4, 0.5) is 10.0 Å². The Labute approximate surface area is 202 Å². The first-order valence-corrected chi connectivity index (χ1v) is 12.9. The number of nitrogens with zero attached hydrogens (tertiary/aromatic N) is 2. The van der Waals surface area contributed by atoms with E-state index in [4.69, 9.17) is 4.98 Å². The Hall–Kier alpha value is -2.66. The van der Waals surface area contributed by atoms with Crippen LogP contribution >= 0.6 is 34.0 Å². The van der Waals surface area contributed by atoms with Crippen LogP contribution in [0.15, 0.2) is 36.4 Å². The second-order valence-corrected chi connectivity index (χ2v) is 12.4. The molecule has 2 N–H and O–H groups in total. The summed E-state index contributed by atoms with van der Waals surface area (Å²) in [7, 11) is 0. The maximum Gasteiger partial charge on any atom is 0.324 e. The lowest BCUT2D eigenvalue weighted by molar-refractivity contribution is -0.380. The Morgan fingerprint density at radius 1 is 1.12 bits per heavy atom. The molecule has 0 bridgehead atoms. The zero-order valence-corrected chi connectivity index (χ0v) is 21.0. The van der Waals surface area contributed by atoms with Crippen LogP contribution in [-0.2, 0) is 12.0 Å². The molecule has 0 spiro atoms. The first-order chi connectivity index (χ1) is 15.5. The number of thiophene rings is 2. The number of fused-ring (bicyclic) bond motifs is 2. The lowest BCUT2D eigenvalue weighted by atomic mass is 9.81. The summed E-state index contributed by atoms with van der Waals surface area (Å²) < 4.78 is 1.09. The number of anilines is 1. The van der Waals surface area contributed by atoms with Crippen LogP contribution in [0, 0.1) is 10.1 Å². The molecule has 1 aliphatic heterocycles. The zero-order chi connectivity index (χ0) is 23.5. The minimum absolute atomic E-state index is 0.0518. The number of carbonyl (C=O) groups is 1. The summed E-state index contributed by atoms with van der Waals surface area (Å²) in [5.41, 5.74) is 2.67. The van der Waals surface area contributed by atoms with E-state index in [-0.39, 0.29) is 22.0 Å². The maximum atomic E-state index is 13.1. The molecule has 170 valence electrons. The van der Waals surface area contributed by atoms with Gasteiger partial charge in [-0.2, -0.15) is 0 Å². The quantitative estimate of drug-likeness (QED) is 0.250. The minimum Gasteiger partial charge on any atom is -0.312 e. The molecule has 0 unspecified atom stereocenters. The van der Waals surface area contributed by atoms with Crippen molar-refractivity contribution in [2.45, 2.75) is 45.2 Å². The molecule has 0 aliphatic carbocycles. The van der Waals surface area contributed by atoms with E-state index in [1.54, 1.807) is 22.7 Å². The van der Waals surface area contributed by atoms with Crippen LogP contribution in [0.3, 0.4) is 0 Å². The summed E-state index contributed by atoms with van der Waals surface area (Å²) >= 11 is 4.04. The van der Waals surface area contributed by atoms with Crippen molar-refractivity contribution < 1.29 is 9.72 Å². The number of benzene rings is 1. The van der Waals surface area contributed by atoms with Crippen molar-refractivity contribution in [2.75, 3.05) is 5.32 Å². The summed E-state index contributed by atoms with van der Waals surface area (Å²) in [6, 6.07) is 10.9. The van der Waals surface area contributed by atoms with Crippen molar-refractivity contribution in [3.8, 4) is 10.6 Å². The van der Waals surface area contributed by atoms with Gasteiger partial charge < -0.3 is 10.6 Å². The molecule has 0 saturated heterocycles. The molecular formula is C23H22N4O3S3. The highest BCUT2D eigenvalue weighted by molar-refractivity contribution is 7.23. The summed E-state index contributed by atoms with van der Waals surface area (Å²) in [4.78, 5) is 30.0. The van der Waals surface area contributed by atoms with Crippen LogP contribution < -0.4 is 10.6 Å². The zero-order valence-electron chi connectivity index (χ0n) is 18.5. The van der Waals surface area contributed by atoms with Gasteiger partial charge in [0.25, 0.3) is 5.91 Å². The fourth-order valence-corrected chi connectivity index (χ4v) is 7.63. The number of thiazole rings is 1. The first-order valence-electron chi connectivity index (χ1n) is 10.4. The molecule has 4 heterocycles. The lowest BCUT2D eigenvalue weighted by Crippen LogP contribution is -2.54. The van der Waals surface area contributed by atoms with E-state index in [0.717, 1.165) is 43.5 Å². The molecule has 3 aromatic heterocycles. The average Bonchev–Trinajstić information content (AvgIpc) is 3.42. The van der Waals surface area contributed by atoms with Crippen molar-refractivity contribution in [3.63, 3.8) is 0 Å². The number of nitrogens with one attached hydrogen (secondary N) is 2. The van der Waals surface area contributed by atoms with E-state index in [0.29, 0.717) is 4.88 Å². The van der Waals surface area contributed by atoms with E-state index in [1.165, 1.54) is 22.6 Å². The van der Waals surface area contributed by atoms with Gasteiger partial charge in [0.1, 0.15) is 10.0 Å². The predicted octanol–water partition coefficient (Wildman–Crippen LogP) is 6.41. The third kappa shape index (κ3) is 3.97. The van der Waals surface area contributed by atoms with Crippen molar-refractivity contribution >= 4 is 60.1 Å². The van der Waals surface area contributed by atoms with E-state index in [2.05, 4.69) is 38.3 Å². The average molecular weight is 499 g/mol. The van der Waals surface area contributed by atoms with Crippen molar-refractivity contribution in [3.05, 3.63) is 61.8 Å². The topological polar surface area (TPSA) is 97.2 Å². The number of hydrogen-bond acceptors (Lipinski definition) is 8. The second kappa shape index (κ2) is 7.69. The Balaban J connectivity index is 1.65. The summed E-state index contributed by atoms with van der Waals surface area (Å²) in [6.07, 6.45) is 0.799. The number of rotatable bonds is 4. The number of hydrogen-bond donors (Lipinski definition) is 2. The van der Waals surface area contributed by atoms with Gasteiger partial charge in [0.05, 0.1) is 20.0 Å². The molecule has 1 amide bonds. The number of carbonyl (C=O) groups excluding carboxylic acids is 1. The van der Waals surface area contributed by atoms with Gasteiger partial charge in [0, 0.05) is 27.6 Å². The van der Waals surface area contributed by atoms with E-state index >= 15 is 0 Å². The van der Waals surface area contributed by atoms with E-state index in [9.17, 15) is 14.9 Å². The summed E-state index contributed by atoms with van der Waals surface area (Å²) in [6.45, 7) is 8.67. The van der Waals surface area contributed by atoms with Crippen LogP contribution in [0.25, 0.3) is 20.8 Å². The lowest BCUT2D eigenvalue weighted by Gasteiger charge is -2.42. The van der Waals surface area contributed by atoms with Crippen LogP contribution in [0.5, 0.6) is 0 Å². The number of aromatic nitrogens is 1. The fourth-order valence-electron chi connectivity index (χ4n) is 4.53. The highest BCUT2D eigenvalue weighted by Gasteiger charge is 2.41. The molecular weight excluding hydrogens is 476 g/mol. The molecule has 10 heteroatoms. The van der Waals surface area contributed by atoms with Gasteiger partial charge in [-0.15, -0.1) is 22.7 Å². The second-order valence-electron chi connectivity index (χ2n) is 9.26. The molecule has 4 aromatic rings. The Bertz CT molecular complexity index is 1380. The van der Waals surface area contributed by atoms with Crippen molar-refractivity contribution in [2.24, 2.45) is 0 Å². The molecule has 5 rings (SSSR count). The molecule has 0 saturated carbocycles. The van der Waals surface area contributed by atoms with Crippen molar-refractivity contribution in [1.29, 1.82) is 0 Å². The van der Waals surface area contributed by atoms with Gasteiger partial charge in [0.2, 0.25) is 0 Å². The van der Waals surface area contributed by atoms with Crippen LogP contribution in [-0.4, -0.2) is 21.4 Å². The molecule has 33 heavy (non-hydrogen) atoms. The smallest absolute Gasteiger partial charge is 0.312 e. The number of para-hydroxylation sites is 1. The molecule has 0 radical (unpaired) electrons. The third-order valence-corrected chi connectivity index (χ3v) is 9.14. The molecule has 1 aliphatic rings. The van der Waals surface area contributed by atoms with Crippen LogP contribution in [0.2, 0.25) is 0 Å². The van der Waals surface area contributed by atoms with E-state index in [1.807, 2.05) is 24.3 Å². The Kier molecular flexibility index (Phi) is 5.16. The Morgan fingerprint density at radius 2 is 1.88 bits per heavy atom. The maximum absolute atomic E-state index is 13.1. The standard InChI is InChI=1S/C23H22N4O3S3/c1-22(2)11-12-17(20-24-13-7-5-6-8-14(13)32-20)21(33-18(12)23(3,4)26-22)25-19(28)15-9-10-16(31-15)27(29)30/h5-10,26H,11H2,1-4H3,(H,25,28).